The second-order valence-corrected chi connectivity index (χ2v) is 10.6. The van der Waals surface area contributed by atoms with Crippen molar-refractivity contribution in [1.82, 2.24) is 25.1 Å². The summed E-state index contributed by atoms with van der Waals surface area (Å²) in [5.41, 5.74) is 8.01. The van der Waals surface area contributed by atoms with Crippen molar-refractivity contribution in [2.75, 3.05) is 45.9 Å². The molecule has 2 saturated heterocycles. The number of amides is 1. The summed E-state index contributed by atoms with van der Waals surface area (Å²) in [6, 6.07) is 13.8. The molecule has 1 amide bonds. The average molecular weight is 543 g/mol. The largest absolute Gasteiger partial charge is 0.379 e. The van der Waals surface area contributed by atoms with Gasteiger partial charge in [-0.05, 0) is 49.9 Å². The molecule has 0 aliphatic carbocycles. The molecule has 2 aromatic carbocycles. The SMILES string of the molecule is Cc1c(C(=O)NN2CCCCC2)nn(-c2ccc(Cl)cc2Cl)c1-c1ccc(CCN2CCOCC2)cc1. The molecule has 0 bridgehead atoms. The second kappa shape index (κ2) is 12.0. The van der Waals surface area contributed by atoms with Gasteiger partial charge in [-0.25, -0.2) is 9.69 Å². The Morgan fingerprint density at radius 2 is 1.73 bits per heavy atom. The Morgan fingerprint density at radius 1 is 1.00 bits per heavy atom. The van der Waals surface area contributed by atoms with Gasteiger partial charge in [0, 0.05) is 48.9 Å². The highest BCUT2D eigenvalue weighted by atomic mass is 35.5. The Bertz CT molecular complexity index is 1230. The third-order valence-electron chi connectivity index (χ3n) is 7.14. The van der Waals surface area contributed by atoms with Crippen molar-refractivity contribution >= 4 is 29.1 Å². The lowest BCUT2D eigenvalue weighted by atomic mass is 10.0. The summed E-state index contributed by atoms with van der Waals surface area (Å²) < 4.78 is 7.22. The van der Waals surface area contributed by atoms with Crippen LogP contribution in [0.4, 0.5) is 0 Å². The summed E-state index contributed by atoms with van der Waals surface area (Å²) in [6.45, 7) is 8.26. The van der Waals surface area contributed by atoms with Crippen molar-refractivity contribution in [2.45, 2.75) is 32.6 Å². The van der Waals surface area contributed by atoms with Crippen LogP contribution in [0.15, 0.2) is 42.5 Å². The molecule has 0 atom stereocenters. The molecule has 2 aliphatic rings. The van der Waals surface area contributed by atoms with Crippen LogP contribution in [0, 0.1) is 6.92 Å². The van der Waals surface area contributed by atoms with E-state index in [1.54, 1.807) is 16.8 Å². The Labute approximate surface area is 228 Å². The fraction of sp³-hybridized carbons (Fsp3) is 0.429. The van der Waals surface area contributed by atoms with E-state index in [0.717, 1.165) is 82.0 Å². The molecule has 9 heteroatoms. The van der Waals surface area contributed by atoms with E-state index < -0.39 is 0 Å². The first-order valence-corrected chi connectivity index (χ1v) is 13.8. The smallest absolute Gasteiger partial charge is 0.286 e. The van der Waals surface area contributed by atoms with Gasteiger partial charge in [0.05, 0.1) is 29.6 Å². The van der Waals surface area contributed by atoms with Crippen molar-refractivity contribution in [3.8, 4) is 16.9 Å². The molecule has 3 heterocycles. The van der Waals surface area contributed by atoms with Gasteiger partial charge in [-0.15, -0.1) is 0 Å². The van der Waals surface area contributed by atoms with E-state index in [4.69, 9.17) is 33.0 Å². The van der Waals surface area contributed by atoms with Gasteiger partial charge in [0.2, 0.25) is 0 Å². The summed E-state index contributed by atoms with van der Waals surface area (Å²) >= 11 is 12.8. The number of piperidine rings is 1. The van der Waals surface area contributed by atoms with E-state index in [2.05, 4.69) is 34.6 Å². The fourth-order valence-electron chi connectivity index (χ4n) is 5.02. The van der Waals surface area contributed by atoms with Gasteiger partial charge in [-0.1, -0.05) is 53.9 Å². The predicted octanol–water partition coefficient (Wildman–Crippen LogP) is 5.16. The van der Waals surface area contributed by atoms with Crippen LogP contribution in [0.3, 0.4) is 0 Å². The molecule has 0 saturated carbocycles. The molecule has 1 aromatic heterocycles. The Morgan fingerprint density at radius 3 is 2.43 bits per heavy atom. The first kappa shape index (κ1) is 26.2. The molecule has 0 radical (unpaired) electrons. The number of rotatable bonds is 7. The van der Waals surface area contributed by atoms with Crippen LogP contribution in [0.2, 0.25) is 10.0 Å². The zero-order valence-corrected chi connectivity index (χ0v) is 22.7. The summed E-state index contributed by atoms with van der Waals surface area (Å²) in [5, 5.41) is 7.77. The number of carbonyl (C=O) groups is 1. The van der Waals surface area contributed by atoms with E-state index in [1.165, 1.54) is 12.0 Å². The fourth-order valence-corrected chi connectivity index (χ4v) is 5.51. The van der Waals surface area contributed by atoms with Crippen LogP contribution in [0.5, 0.6) is 0 Å². The highest BCUT2D eigenvalue weighted by molar-refractivity contribution is 6.35. The number of halogens is 2. The molecular formula is C28H33Cl2N5O2. The number of nitrogens with one attached hydrogen (secondary N) is 1. The zero-order valence-electron chi connectivity index (χ0n) is 21.2. The van der Waals surface area contributed by atoms with Gasteiger partial charge in [0.1, 0.15) is 0 Å². The number of morpholine rings is 1. The molecular weight excluding hydrogens is 509 g/mol. The number of hydrogen-bond acceptors (Lipinski definition) is 5. The summed E-state index contributed by atoms with van der Waals surface area (Å²) in [5.74, 6) is -0.202. The molecule has 5 rings (SSSR count). The van der Waals surface area contributed by atoms with E-state index in [9.17, 15) is 4.79 Å². The predicted molar refractivity (Wildman–Crippen MR) is 148 cm³/mol. The minimum atomic E-state index is -0.202. The number of benzene rings is 2. The van der Waals surface area contributed by atoms with Crippen LogP contribution in [0.25, 0.3) is 16.9 Å². The number of hydrazine groups is 1. The maximum absolute atomic E-state index is 13.3. The van der Waals surface area contributed by atoms with Crippen LogP contribution in [-0.2, 0) is 11.2 Å². The normalized spacial score (nSPS) is 17.2. The third kappa shape index (κ3) is 6.19. The molecule has 2 fully saturated rings. The lowest BCUT2D eigenvalue weighted by molar-refractivity contribution is 0.0384. The molecule has 2 aliphatic heterocycles. The topological polar surface area (TPSA) is 62.6 Å². The van der Waals surface area contributed by atoms with Gasteiger partial charge >= 0.3 is 0 Å². The molecule has 37 heavy (non-hydrogen) atoms. The lowest BCUT2D eigenvalue weighted by Gasteiger charge is -2.26. The van der Waals surface area contributed by atoms with Gasteiger partial charge in [-0.2, -0.15) is 5.10 Å². The van der Waals surface area contributed by atoms with Crippen molar-refractivity contribution in [2.24, 2.45) is 0 Å². The number of hydrogen-bond donors (Lipinski definition) is 1. The minimum absolute atomic E-state index is 0.202. The average Bonchev–Trinajstić information content (AvgIpc) is 3.25. The van der Waals surface area contributed by atoms with Crippen LogP contribution in [-0.4, -0.2) is 71.5 Å². The highest BCUT2D eigenvalue weighted by Gasteiger charge is 2.25. The molecule has 0 spiro atoms. The standard InChI is InChI=1S/C28H33Cl2N5O2/c1-20-26(28(36)32-34-12-3-2-4-13-34)31-35(25-10-9-23(29)19-24(25)30)27(20)22-7-5-21(6-8-22)11-14-33-15-17-37-18-16-33/h5-10,19H,2-4,11-18H2,1H3,(H,32,36). The lowest BCUT2D eigenvalue weighted by Crippen LogP contribution is -2.45. The maximum Gasteiger partial charge on any atom is 0.286 e. The van der Waals surface area contributed by atoms with E-state index in [0.29, 0.717) is 21.4 Å². The van der Waals surface area contributed by atoms with Crippen LogP contribution in [0.1, 0.15) is 40.9 Å². The van der Waals surface area contributed by atoms with Gasteiger partial charge < -0.3 is 4.74 Å². The quantitative estimate of drug-likeness (QED) is 0.447. The summed E-state index contributed by atoms with van der Waals surface area (Å²) in [6.07, 6.45) is 4.33. The maximum atomic E-state index is 13.3. The Kier molecular flexibility index (Phi) is 8.47. The number of ether oxygens (including phenoxy) is 1. The Balaban J connectivity index is 1.44. The molecule has 7 nitrogen and oxygen atoms in total. The van der Waals surface area contributed by atoms with Crippen molar-refractivity contribution in [3.05, 3.63) is 69.3 Å². The Hall–Kier alpha value is -2.42. The monoisotopic (exact) mass is 541 g/mol. The van der Waals surface area contributed by atoms with Gasteiger partial charge in [-0.3, -0.25) is 15.1 Å². The number of carbonyl (C=O) groups excluding carboxylic acids is 1. The van der Waals surface area contributed by atoms with E-state index in [1.807, 2.05) is 18.0 Å². The number of aromatic nitrogens is 2. The van der Waals surface area contributed by atoms with Crippen LogP contribution >= 0.6 is 23.2 Å². The molecule has 0 unspecified atom stereocenters. The third-order valence-corrected chi connectivity index (χ3v) is 7.68. The van der Waals surface area contributed by atoms with Crippen molar-refractivity contribution in [1.29, 1.82) is 0 Å². The van der Waals surface area contributed by atoms with Gasteiger partial charge in [0.15, 0.2) is 5.69 Å². The van der Waals surface area contributed by atoms with Crippen LogP contribution < -0.4 is 5.43 Å². The van der Waals surface area contributed by atoms with E-state index >= 15 is 0 Å². The van der Waals surface area contributed by atoms with Crippen molar-refractivity contribution < 1.29 is 9.53 Å². The second-order valence-electron chi connectivity index (χ2n) is 9.72. The minimum Gasteiger partial charge on any atom is -0.379 e. The number of nitrogens with zero attached hydrogens (tertiary/aromatic N) is 4. The molecule has 3 aromatic rings. The summed E-state index contributed by atoms with van der Waals surface area (Å²) in [4.78, 5) is 15.7. The van der Waals surface area contributed by atoms with Gasteiger partial charge in [0.25, 0.3) is 5.91 Å². The van der Waals surface area contributed by atoms with E-state index in [-0.39, 0.29) is 5.91 Å². The molecule has 1 N–H and O–H groups in total. The highest BCUT2D eigenvalue weighted by Crippen LogP contribution is 2.33. The van der Waals surface area contributed by atoms with Crippen molar-refractivity contribution in [3.63, 3.8) is 0 Å². The molecule has 196 valence electrons. The zero-order chi connectivity index (χ0) is 25.8. The first-order valence-electron chi connectivity index (χ1n) is 13.0. The first-order chi connectivity index (χ1) is 18.0. The summed E-state index contributed by atoms with van der Waals surface area (Å²) in [7, 11) is 0.